The minimum Gasteiger partial charge on any atom is -0.359 e. The Balaban J connectivity index is 1.29. The molecule has 3 nitrogen and oxygen atoms in total. The van der Waals surface area contributed by atoms with Crippen LogP contribution in [-0.2, 0) is 0 Å². The van der Waals surface area contributed by atoms with Gasteiger partial charge >= 0.3 is 0 Å². The van der Waals surface area contributed by atoms with Gasteiger partial charge in [-0.2, -0.15) is 0 Å². The second kappa shape index (κ2) is 10.1. The molecule has 0 saturated carbocycles. The zero-order chi connectivity index (χ0) is 29.0. The van der Waals surface area contributed by atoms with Gasteiger partial charge in [-0.05, 0) is 47.5 Å². The third-order valence-corrected chi connectivity index (χ3v) is 9.92. The Kier molecular flexibility index (Phi) is 5.75. The Morgan fingerprint density at radius 2 is 1.25 bits per heavy atom. The van der Waals surface area contributed by atoms with Crippen LogP contribution in [0.3, 0.4) is 0 Å². The van der Waals surface area contributed by atoms with Gasteiger partial charge < -0.3 is 9.88 Å². The molecule has 0 radical (unpaired) electrons. The van der Waals surface area contributed by atoms with Crippen LogP contribution in [-0.4, -0.2) is 10.4 Å². The largest absolute Gasteiger partial charge is 0.359 e. The smallest absolute Gasteiger partial charge is 0.136 e. The van der Waals surface area contributed by atoms with Gasteiger partial charge in [-0.15, -0.1) is 11.3 Å². The fourth-order valence-corrected chi connectivity index (χ4v) is 8.01. The minimum atomic E-state index is 0.0131. The first-order chi connectivity index (χ1) is 21.8. The van der Waals surface area contributed by atoms with Crippen LogP contribution >= 0.6 is 11.3 Å². The molecule has 0 fully saturated rings. The number of hydrogen-bond acceptors (Lipinski definition) is 3. The Hall–Kier alpha value is -5.45. The lowest BCUT2D eigenvalue weighted by Gasteiger charge is -2.24. The fourth-order valence-electron chi connectivity index (χ4n) is 6.63. The van der Waals surface area contributed by atoms with Crippen LogP contribution in [0.1, 0.15) is 22.7 Å². The van der Waals surface area contributed by atoms with E-state index in [2.05, 4.69) is 162 Å². The molecule has 3 heterocycles. The van der Waals surface area contributed by atoms with Gasteiger partial charge in [-0.3, -0.25) is 0 Å². The number of benzene rings is 6. The quantitative estimate of drug-likeness (QED) is 0.220. The van der Waals surface area contributed by atoms with E-state index in [-0.39, 0.29) is 6.04 Å². The Morgan fingerprint density at radius 1 is 0.568 bits per heavy atom. The van der Waals surface area contributed by atoms with Crippen LogP contribution in [0.5, 0.6) is 0 Å². The van der Waals surface area contributed by atoms with Gasteiger partial charge in [0.15, 0.2) is 0 Å². The predicted molar refractivity (Wildman–Crippen MR) is 187 cm³/mol. The first-order valence-corrected chi connectivity index (χ1v) is 15.8. The number of hydrogen-bond donors (Lipinski definition) is 1. The topological polar surface area (TPSA) is 29.3 Å². The number of aromatic nitrogens is 1. The lowest BCUT2D eigenvalue weighted by molar-refractivity contribution is 0.781. The van der Waals surface area contributed by atoms with Crippen LogP contribution in [0, 0.1) is 0 Å². The third kappa shape index (κ3) is 3.92. The molecule has 2 aromatic heterocycles. The zero-order valence-electron chi connectivity index (χ0n) is 23.8. The van der Waals surface area contributed by atoms with E-state index in [4.69, 9.17) is 4.99 Å². The Morgan fingerprint density at radius 3 is 2.07 bits per heavy atom. The van der Waals surface area contributed by atoms with Crippen molar-refractivity contribution >= 4 is 64.8 Å². The minimum absolute atomic E-state index is 0.0131. The van der Waals surface area contributed by atoms with Crippen molar-refractivity contribution in [2.24, 2.45) is 4.99 Å². The zero-order valence-corrected chi connectivity index (χ0v) is 24.6. The molecule has 1 aliphatic heterocycles. The van der Waals surface area contributed by atoms with Crippen LogP contribution in [0.25, 0.3) is 53.4 Å². The monoisotopic (exact) mass is 581 g/mol. The van der Waals surface area contributed by atoms with Crippen molar-refractivity contribution in [3.05, 3.63) is 168 Å². The number of aliphatic imine (C=N–C) groups is 1. The lowest BCUT2D eigenvalue weighted by Crippen LogP contribution is -2.31. The average Bonchev–Trinajstić information content (AvgIpc) is 3.65. The van der Waals surface area contributed by atoms with Crippen LogP contribution in [0.2, 0.25) is 0 Å². The highest BCUT2D eigenvalue weighted by Gasteiger charge is 2.23. The summed E-state index contributed by atoms with van der Waals surface area (Å²) in [6.45, 7) is 0. The van der Waals surface area contributed by atoms with E-state index < -0.39 is 0 Å². The molecule has 9 rings (SSSR count). The number of rotatable bonds is 4. The molecule has 0 saturated heterocycles. The van der Waals surface area contributed by atoms with Crippen molar-refractivity contribution in [2.45, 2.75) is 6.04 Å². The van der Waals surface area contributed by atoms with E-state index in [1.807, 2.05) is 11.3 Å². The molecule has 1 atom stereocenters. The second-order valence-electron chi connectivity index (χ2n) is 11.2. The van der Waals surface area contributed by atoms with E-state index in [1.165, 1.54) is 53.2 Å². The molecule has 208 valence electrons. The molecule has 6 aromatic carbocycles. The number of para-hydroxylation sites is 2. The summed E-state index contributed by atoms with van der Waals surface area (Å²) >= 11 is 1.88. The SMILES string of the molecule is C1=C(c2ccccc2)N=C(c2cccc3c2sc2c3ccc3c2c2ccccc2n3-c2ccccc2)NC1c1ccccc1. The van der Waals surface area contributed by atoms with Crippen molar-refractivity contribution in [3.63, 3.8) is 0 Å². The van der Waals surface area contributed by atoms with Gasteiger partial charge in [0.05, 0.1) is 22.8 Å². The highest BCUT2D eigenvalue weighted by atomic mass is 32.1. The molecule has 0 spiro atoms. The van der Waals surface area contributed by atoms with Crippen LogP contribution < -0.4 is 5.32 Å². The number of nitrogens with zero attached hydrogens (tertiary/aromatic N) is 2. The number of thiophene rings is 1. The summed E-state index contributed by atoms with van der Waals surface area (Å²) in [6, 6.07) is 51.8. The van der Waals surface area contributed by atoms with E-state index in [0.29, 0.717) is 0 Å². The molecule has 8 aromatic rings. The normalized spacial score (nSPS) is 15.0. The maximum absolute atomic E-state index is 5.24. The fraction of sp³-hybridized carbons (Fsp3) is 0.0250. The van der Waals surface area contributed by atoms with Gasteiger partial charge in [0.2, 0.25) is 0 Å². The first kappa shape index (κ1) is 25.1. The van der Waals surface area contributed by atoms with Crippen LogP contribution in [0.4, 0.5) is 0 Å². The van der Waals surface area contributed by atoms with Gasteiger partial charge in [0, 0.05) is 42.2 Å². The van der Waals surface area contributed by atoms with Gasteiger partial charge in [-0.1, -0.05) is 115 Å². The van der Waals surface area contributed by atoms with E-state index in [9.17, 15) is 0 Å². The summed E-state index contributed by atoms with van der Waals surface area (Å²) in [7, 11) is 0. The number of fused-ring (bicyclic) bond motifs is 7. The number of amidine groups is 1. The molecule has 0 bridgehead atoms. The maximum Gasteiger partial charge on any atom is 0.136 e. The molecular formula is C40H27N3S. The van der Waals surface area contributed by atoms with Crippen molar-refractivity contribution in [1.82, 2.24) is 9.88 Å². The second-order valence-corrected chi connectivity index (χ2v) is 12.2. The molecule has 0 aliphatic carbocycles. The summed E-state index contributed by atoms with van der Waals surface area (Å²) in [6.07, 6.45) is 2.24. The van der Waals surface area contributed by atoms with Gasteiger partial charge in [0.25, 0.3) is 0 Å². The lowest BCUT2D eigenvalue weighted by atomic mass is 10.00. The van der Waals surface area contributed by atoms with Crippen molar-refractivity contribution < 1.29 is 0 Å². The average molecular weight is 582 g/mol. The predicted octanol–water partition coefficient (Wildman–Crippen LogP) is 10.3. The molecule has 0 amide bonds. The standard InChI is InChI=1S/C40H27N3S/c1-4-13-26(14-5-1)33-25-34(27-15-6-2-7-16-27)42-40(41-33)32-21-12-20-29-30-23-24-36-37(39(30)44-38(29)32)31-19-10-11-22-35(31)43(36)28-17-8-3-9-18-28/h1-25,33H,(H,41,42). The van der Waals surface area contributed by atoms with E-state index >= 15 is 0 Å². The van der Waals surface area contributed by atoms with Crippen molar-refractivity contribution in [1.29, 1.82) is 0 Å². The molecule has 1 unspecified atom stereocenters. The molecule has 1 aliphatic rings. The maximum atomic E-state index is 5.24. The molecule has 1 N–H and O–H groups in total. The summed E-state index contributed by atoms with van der Waals surface area (Å²) in [5, 5.41) is 8.91. The summed E-state index contributed by atoms with van der Waals surface area (Å²) in [5.41, 5.74) is 8.07. The summed E-state index contributed by atoms with van der Waals surface area (Å²) < 4.78 is 4.95. The number of nitrogens with one attached hydrogen (secondary N) is 1. The van der Waals surface area contributed by atoms with Crippen LogP contribution in [0.15, 0.2) is 157 Å². The van der Waals surface area contributed by atoms with Crippen molar-refractivity contribution in [2.75, 3.05) is 0 Å². The molecular weight excluding hydrogens is 555 g/mol. The molecule has 4 heteroatoms. The summed E-state index contributed by atoms with van der Waals surface area (Å²) in [4.78, 5) is 5.24. The highest BCUT2D eigenvalue weighted by molar-refractivity contribution is 7.27. The van der Waals surface area contributed by atoms with Crippen molar-refractivity contribution in [3.8, 4) is 5.69 Å². The Labute approximate surface area is 259 Å². The van der Waals surface area contributed by atoms with Gasteiger partial charge in [-0.25, -0.2) is 4.99 Å². The van der Waals surface area contributed by atoms with E-state index in [1.54, 1.807) is 0 Å². The summed E-state index contributed by atoms with van der Waals surface area (Å²) in [5.74, 6) is 0.903. The highest BCUT2D eigenvalue weighted by Crippen LogP contribution is 2.44. The van der Waals surface area contributed by atoms with E-state index in [0.717, 1.165) is 22.7 Å². The molecule has 44 heavy (non-hydrogen) atoms. The Bertz CT molecular complexity index is 2400. The van der Waals surface area contributed by atoms with Gasteiger partial charge in [0.1, 0.15) is 5.84 Å². The first-order valence-electron chi connectivity index (χ1n) is 14.9. The third-order valence-electron chi connectivity index (χ3n) is 8.65.